The summed E-state index contributed by atoms with van der Waals surface area (Å²) in [6.07, 6.45) is 1.65. The Morgan fingerprint density at radius 3 is 2.65 bits per heavy atom. The number of ether oxygens (including phenoxy) is 1. The minimum atomic E-state index is -0.872. The Bertz CT molecular complexity index is 525. The minimum Gasteiger partial charge on any atom is -0.481 e. The maximum atomic E-state index is 12.4. The minimum absolute atomic E-state index is 0.0968. The fourth-order valence-corrected chi connectivity index (χ4v) is 2.17. The Morgan fingerprint density at radius 2 is 2.10 bits per heavy atom. The fourth-order valence-electron chi connectivity index (χ4n) is 2.17. The molecule has 0 aliphatic carbocycles. The molecule has 1 unspecified atom stereocenters. The SMILES string of the molecule is COc1ccc(CN2C(=O)C(C)(C)NC(=O)C2C)cn1. The van der Waals surface area contributed by atoms with Gasteiger partial charge in [0, 0.05) is 18.8 Å². The van der Waals surface area contributed by atoms with E-state index in [1.54, 1.807) is 45.0 Å². The summed E-state index contributed by atoms with van der Waals surface area (Å²) in [4.78, 5) is 30.0. The van der Waals surface area contributed by atoms with Crippen molar-refractivity contribution in [3.8, 4) is 5.88 Å². The van der Waals surface area contributed by atoms with Gasteiger partial charge >= 0.3 is 0 Å². The second-order valence-electron chi connectivity index (χ2n) is 5.43. The van der Waals surface area contributed by atoms with Crippen molar-refractivity contribution in [3.63, 3.8) is 0 Å². The molecule has 2 heterocycles. The van der Waals surface area contributed by atoms with Crippen LogP contribution < -0.4 is 10.1 Å². The zero-order valence-corrected chi connectivity index (χ0v) is 12.1. The van der Waals surface area contributed by atoms with Crippen LogP contribution in [0.1, 0.15) is 26.3 Å². The van der Waals surface area contributed by atoms with Gasteiger partial charge in [-0.25, -0.2) is 4.98 Å². The van der Waals surface area contributed by atoms with Crippen molar-refractivity contribution in [2.75, 3.05) is 7.11 Å². The Balaban J connectivity index is 2.20. The van der Waals surface area contributed by atoms with Crippen molar-refractivity contribution in [1.82, 2.24) is 15.2 Å². The second-order valence-corrected chi connectivity index (χ2v) is 5.43. The first-order valence-corrected chi connectivity index (χ1v) is 6.47. The van der Waals surface area contributed by atoms with Crippen LogP contribution in [0.4, 0.5) is 0 Å². The van der Waals surface area contributed by atoms with Crippen molar-refractivity contribution in [3.05, 3.63) is 23.9 Å². The molecular formula is C14H19N3O3. The molecular weight excluding hydrogens is 258 g/mol. The van der Waals surface area contributed by atoms with Gasteiger partial charge in [0.1, 0.15) is 11.6 Å². The number of amides is 2. The van der Waals surface area contributed by atoms with E-state index in [4.69, 9.17) is 4.74 Å². The van der Waals surface area contributed by atoms with Crippen LogP contribution in [0.25, 0.3) is 0 Å². The Labute approximate surface area is 118 Å². The predicted octanol–water partition coefficient (Wildman–Crippen LogP) is 0.716. The summed E-state index contributed by atoms with van der Waals surface area (Å²) < 4.78 is 5.00. The molecule has 1 atom stereocenters. The van der Waals surface area contributed by atoms with Crippen molar-refractivity contribution in [2.45, 2.75) is 38.9 Å². The molecule has 1 aromatic heterocycles. The number of nitrogens with zero attached hydrogens (tertiary/aromatic N) is 2. The van der Waals surface area contributed by atoms with Gasteiger partial charge in [0.2, 0.25) is 17.7 Å². The quantitative estimate of drug-likeness (QED) is 0.883. The zero-order chi connectivity index (χ0) is 14.9. The molecule has 0 spiro atoms. The topological polar surface area (TPSA) is 71.5 Å². The summed E-state index contributed by atoms with van der Waals surface area (Å²) in [7, 11) is 1.55. The molecule has 20 heavy (non-hydrogen) atoms. The summed E-state index contributed by atoms with van der Waals surface area (Å²) in [5, 5.41) is 2.72. The van der Waals surface area contributed by atoms with E-state index < -0.39 is 11.6 Å². The molecule has 1 aromatic rings. The van der Waals surface area contributed by atoms with Gasteiger partial charge in [-0.15, -0.1) is 0 Å². The summed E-state index contributed by atoms with van der Waals surface area (Å²) >= 11 is 0. The number of hydrogen-bond donors (Lipinski definition) is 1. The lowest BCUT2D eigenvalue weighted by molar-refractivity contribution is -0.153. The lowest BCUT2D eigenvalue weighted by Gasteiger charge is -2.41. The van der Waals surface area contributed by atoms with E-state index in [1.807, 2.05) is 6.07 Å². The lowest BCUT2D eigenvalue weighted by atomic mass is 9.97. The van der Waals surface area contributed by atoms with Gasteiger partial charge in [0.15, 0.2) is 0 Å². The third kappa shape index (κ3) is 2.59. The van der Waals surface area contributed by atoms with E-state index >= 15 is 0 Å². The van der Waals surface area contributed by atoms with Crippen molar-refractivity contribution in [1.29, 1.82) is 0 Å². The number of rotatable bonds is 3. The number of hydrogen-bond acceptors (Lipinski definition) is 4. The van der Waals surface area contributed by atoms with Crippen LogP contribution >= 0.6 is 0 Å². The Hall–Kier alpha value is -2.11. The van der Waals surface area contributed by atoms with Gasteiger partial charge in [-0.05, 0) is 26.3 Å². The van der Waals surface area contributed by atoms with E-state index in [9.17, 15) is 9.59 Å². The van der Waals surface area contributed by atoms with E-state index in [1.165, 1.54) is 0 Å². The molecule has 0 bridgehead atoms. The number of pyridine rings is 1. The molecule has 1 aliphatic rings. The summed E-state index contributed by atoms with van der Waals surface area (Å²) in [6.45, 7) is 5.49. The molecule has 0 radical (unpaired) electrons. The molecule has 1 saturated heterocycles. The first-order chi connectivity index (χ1) is 9.35. The highest BCUT2D eigenvalue weighted by Crippen LogP contribution is 2.20. The highest BCUT2D eigenvalue weighted by Gasteiger charge is 2.43. The number of carbonyl (C=O) groups is 2. The van der Waals surface area contributed by atoms with Gasteiger partial charge in [-0.3, -0.25) is 9.59 Å². The summed E-state index contributed by atoms with van der Waals surface area (Å²) in [5.41, 5.74) is -0.0137. The van der Waals surface area contributed by atoms with Gasteiger partial charge < -0.3 is 15.0 Å². The average molecular weight is 277 g/mol. The summed E-state index contributed by atoms with van der Waals surface area (Å²) in [5.74, 6) is 0.279. The molecule has 6 heteroatoms. The molecule has 0 aromatic carbocycles. The maximum absolute atomic E-state index is 12.4. The van der Waals surface area contributed by atoms with Crippen LogP contribution in [-0.2, 0) is 16.1 Å². The Kier molecular flexibility index (Phi) is 3.65. The largest absolute Gasteiger partial charge is 0.481 e. The Morgan fingerprint density at radius 1 is 1.40 bits per heavy atom. The molecule has 6 nitrogen and oxygen atoms in total. The van der Waals surface area contributed by atoms with Crippen LogP contribution in [0.3, 0.4) is 0 Å². The van der Waals surface area contributed by atoms with E-state index in [-0.39, 0.29) is 11.8 Å². The van der Waals surface area contributed by atoms with Crippen molar-refractivity contribution < 1.29 is 14.3 Å². The first-order valence-electron chi connectivity index (χ1n) is 6.47. The van der Waals surface area contributed by atoms with Gasteiger partial charge in [0.05, 0.1) is 7.11 Å². The maximum Gasteiger partial charge on any atom is 0.248 e. The predicted molar refractivity (Wildman–Crippen MR) is 73.0 cm³/mol. The zero-order valence-electron chi connectivity index (χ0n) is 12.1. The van der Waals surface area contributed by atoms with Crippen LogP contribution in [0.2, 0.25) is 0 Å². The molecule has 2 amide bonds. The third-order valence-electron chi connectivity index (χ3n) is 3.44. The molecule has 1 fully saturated rings. The van der Waals surface area contributed by atoms with Crippen molar-refractivity contribution >= 4 is 11.8 Å². The average Bonchev–Trinajstić information content (AvgIpc) is 2.42. The number of aromatic nitrogens is 1. The number of carbonyl (C=O) groups excluding carboxylic acids is 2. The molecule has 0 saturated carbocycles. The second kappa shape index (κ2) is 5.11. The highest BCUT2D eigenvalue weighted by molar-refractivity contribution is 5.99. The summed E-state index contributed by atoms with van der Waals surface area (Å²) in [6, 6.07) is 3.09. The van der Waals surface area contributed by atoms with Gasteiger partial charge in [-0.1, -0.05) is 6.07 Å². The molecule has 2 rings (SSSR count). The van der Waals surface area contributed by atoms with Crippen LogP contribution in [-0.4, -0.2) is 40.4 Å². The highest BCUT2D eigenvalue weighted by atomic mass is 16.5. The fraction of sp³-hybridized carbons (Fsp3) is 0.500. The van der Waals surface area contributed by atoms with E-state index in [0.29, 0.717) is 12.4 Å². The lowest BCUT2D eigenvalue weighted by Crippen LogP contribution is -2.66. The van der Waals surface area contributed by atoms with Crippen LogP contribution in [0.5, 0.6) is 5.88 Å². The standard InChI is InChI=1S/C14H19N3O3/c1-9-12(18)16-14(2,3)13(19)17(9)8-10-5-6-11(20-4)15-7-10/h5-7,9H,8H2,1-4H3,(H,16,18). The van der Waals surface area contributed by atoms with Crippen molar-refractivity contribution in [2.24, 2.45) is 0 Å². The smallest absolute Gasteiger partial charge is 0.248 e. The first kappa shape index (κ1) is 14.3. The van der Waals surface area contributed by atoms with Gasteiger partial charge in [0.25, 0.3) is 0 Å². The monoisotopic (exact) mass is 277 g/mol. The molecule has 108 valence electrons. The number of piperazine rings is 1. The van der Waals surface area contributed by atoms with Crippen LogP contribution in [0, 0.1) is 0 Å². The van der Waals surface area contributed by atoms with Gasteiger partial charge in [-0.2, -0.15) is 0 Å². The van der Waals surface area contributed by atoms with Crippen LogP contribution in [0.15, 0.2) is 18.3 Å². The number of methoxy groups -OCH3 is 1. The van der Waals surface area contributed by atoms with E-state index in [2.05, 4.69) is 10.3 Å². The molecule has 1 N–H and O–H groups in total. The third-order valence-corrected chi connectivity index (χ3v) is 3.44. The molecule has 1 aliphatic heterocycles. The number of nitrogens with one attached hydrogen (secondary N) is 1. The van der Waals surface area contributed by atoms with E-state index in [0.717, 1.165) is 5.56 Å². The normalized spacial score (nSPS) is 21.6.